The summed E-state index contributed by atoms with van der Waals surface area (Å²) in [6, 6.07) is 14.6. The summed E-state index contributed by atoms with van der Waals surface area (Å²) in [7, 11) is 0. The van der Waals surface area contributed by atoms with Crippen LogP contribution in [0.25, 0.3) is 11.0 Å². The number of hydrogen-bond acceptors (Lipinski definition) is 2. The van der Waals surface area contributed by atoms with E-state index in [0.717, 1.165) is 11.1 Å². The molecule has 19 heavy (non-hydrogen) atoms. The number of nitrogens with zero attached hydrogens (tertiary/aromatic N) is 2. The summed E-state index contributed by atoms with van der Waals surface area (Å²) in [4.78, 5) is 4.22. The average molecular weight is 255 g/mol. The van der Waals surface area contributed by atoms with Crippen LogP contribution in [-0.2, 0) is 0 Å². The molecule has 0 amide bonds. The fraction of sp³-hybridized carbons (Fsp3) is 0.133. The van der Waals surface area contributed by atoms with Gasteiger partial charge in [-0.3, -0.25) is 0 Å². The molecular weight excluding hydrogens is 241 g/mol. The Morgan fingerprint density at radius 2 is 1.89 bits per heavy atom. The van der Waals surface area contributed by atoms with Crippen molar-refractivity contribution in [2.24, 2.45) is 0 Å². The maximum absolute atomic E-state index is 13.2. The van der Waals surface area contributed by atoms with Crippen molar-refractivity contribution in [2.45, 2.75) is 13.0 Å². The summed E-state index contributed by atoms with van der Waals surface area (Å²) in [5, 5.41) is 0. The zero-order chi connectivity index (χ0) is 13.4. The van der Waals surface area contributed by atoms with E-state index >= 15 is 0 Å². The summed E-state index contributed by atoms with van der Waals surface area (Å²) in [6.45, 7) is 2.05. The Morgan fingerprint density at radius 3 is 2.63 bits per heavy atom. The fourth-order valence-electron chi connectivity index (χ4n) is 2.38. The summed E-state index contributed by atoms with van der Waals surface area (Å²) >= 11 is 0. The number of rotatable bonds is 2. The lowest BCUT2D eigenvalue weighted by atomic mass is 10.1. The third-order valence-electron chi connectivity index (χ3n) is 3.35. The van der Waals surface area contributed by atoms with Crippen LogP contribution in [-0.4, -0.2) is 9.55 Å². The number of aromatic nitrogens is 2. The quantitative estimate of drug-likeness (QED) is 0.763. The van der Waals surface area contributed by atoms with Crippen molar-refractivity contribution in [3.8, 4) is 0 Å². The number of imidazole rings is 1. The van der Waals surface area contributed by atoms with E-state index in [4.69, 9.17) is 5.73 Å². The SMILES string of the molecule is CC(c1ccccc1)n1c(N)nc2cc(F)ccc21. The van der Waals surface area contributed by atoms with Crippen LogP contribution < -0.4 is 5.73 Å². The Balaban J connectivity index is 2.17. The molecule has 1 aromatic heterocycles. The predicted octanol–water partition coefficient (Wildman–Crippen LogP) is 3.37. The number of nitrogen functional groups attached to an aromatic ring is 1. The van der Waals surface area contributed by atoms with Gasteiger partial charge in [0.05, 0.1) is 17.1 Å². The monoisotopic (exact) mass is 255 g/mol. The van der Waals surface area contributed by atoms with Crippen molar-refractivity contribution in [1.29, 1.82) is 0 Å². The fourth-order valence-corrected chi connectivity index (χ4v) is 2.38. The van der Waals surface area contributed by atoms with Gasteiger partial charge in [-0.15, -0.1) is 0 Å². The lowest BCUT2D eigenvalue weighted by molar-refractivity contribution is 0.628. The normalized spacial score (nSPS) is 12.7. The highest BCUT2D eigenvalue weighted by Gasteiger charge is 2.15. The molecule has 0 radical (unpaired) electrons. The Labute approximate surface area is 110 Å². The highest BCUT2D eigenvalue weighted by Crippen LogP contribution is 2.27. The van der Waals surface area contributed by atoms with Crippen LogP contribution in [0.4, 0.5) is 10.3 Å². The molecule has 0 bridgehead atoms. The van der Waals surface area contributed by atoms with E-state index in [1.807, 2.05) is 34.9 Å². The molecule has 1 heterocycles. The number of anilines is 1. The first kappa shape index (κ1) is 11.7. The van der Waals surface area contributed by atoms with Gasteiger partial charge in [-0.05, 0) is 24.6 Å². The van der Waals surface area contributed by atoms with Crippen molar-refractivity contribution >= 4 is 17.0 Å². The summed E-state index contributed by atoms with van der Waals surface area (Å²) in [5.41, 5.74) is 8.53. The second kappa shape index (κ2) is 4.39. The van der Waals surface area contributed by atoms with Gasteiger partial charge in [0, 0.05) is 6.07 Å². The number of nitrogens with two attached hydrogens (primary N) is 1. The number of benzene rings is 2. The molecule has 0 aliphatic heterocycles. The Morgan fingerprint density at radius 1 is 1.16 bits per heavy atom. The number of fused-ring (bicyclic) bond motifs is 1. The molecule has 2 N–H and O–H groups in total. The van der Waals surface area contributed by atoms with E-state index in [9.17, 15) is 4.39 Å². The van der Waals surface area contributed by atoms with E-state index in [-0.39, 0.29) is 11.9 Å². The van der Waals surface area contributed by atoms with Gasteiger partial charge in [0.25, 0.3) is 0 Å². The Kier molecular flexibility index (Phi) is 2.71. The second-order valence-electron chi connectivity index (χ2n) is 4.56. The maximum atomic E-state index is 13.2. The molecule has 2 aromatic carbocycles. The van der Waals surface area contributed by atoms with Crippen LogP contribution in [0.2, 0.25) is 0 Å². The molecule has 3 nitrogen and oxygen atoms in total. The van der Waals surface area contributed by atoms with Gasteiger partial charge in [-0.25, -0.2) is 9.37 Å². The van der Waals surface area contributed by atoms with Gasteiger partial charge in [-0.1, -0.05) is 30.3 Å². The third-order valence-corrected chi connectivity index (χ3v) is 3.35. The van der Waals surface area contributed by atoms with Crippen molar-refractivity contribution < 1.29 is 4.39 Å². The van der Waals surface area contributed by atoms with Crippen molar-refractivity contribution in [3.05, 3.63) is 59.9 Å². The molecule has 0 aliphatic carbocycles. The average Bonchev–Trinajstić information content (AvgIpc) is 2.74. The zero-order valence-electron chi connectivity index (χ0n) is 10.5. The van der Waals surface area contributed by atoms with Gasteiger partial charge < -0.3 is 10.3 Å². The van der Waals surface area contributed by atoms with Crippen LogP contribution in [0.15, 0.2) is 48.5 Å². The minimum absolute atomic E-state index is 0.0525. The van der Waals surface area contributed by atoms with Crippen molar-refractivity contribution in [1.82, 2.24) is 9.55 Å². The van der Waals surface area contributed by atoms with Crippen molar-refractivity contribution in [3.63, 3.8) is 0 Å². The largest absolute Gasteiger partial charge is 0.369 e. The van der Waals surface area contributed by atoms with E-state index in [0.29, 0.717) is 11.5 Å². The molecule has 3 rings (SSSR count). The smallest absolute Gasteiger partial charge is 0.201 e. The molecule has 0 spiro atoms. The second-order valence-corrected chi connectivity index (χ2v) is 4.56. The van der Waals surface area contributed by atoms with Crippen LogP contribution in [0.3, 0.4) is 0 Å². The first-order chi connectivity index (χ1) is 9.16. The minimum atomic E-state index is -0.301. The molecule has 1 unspecified atom stereocenters. The van der Waals surface area contributed by atoms with E-state index in [1.54, 1.807) is 6.07 Å². The first-order valence-corrected chi connectivity index (χ1v) is 6.15. The molecule has 1 atom stereocenters. The molecular formula is C15H14FN3. The molecule has 0 fully saturated rings. The van der Waals surface area contributed by atoms with Gasteiger partial charge in [-0.2, -0.15) is 0 Å². The lowest BCUT2D eigenvalue weighted by Gasteiger charge is -2.16. The molecule has 0 aliphatic rings. The molecule has 3 aromatic rings. The molecule has 0 saturated heterocycles. The van der Waals surface area contributed by atoms with Crippen LogP contribution in [0, 0.1) is 5.82 Å². The third kappa shape index (κ3) is 1.95. The highest BCUT2D eigenvalue weighted by molar-refractivity contribution is 5.78. The Hall–Kier alpha value is -2.36. The van der Waals surface area contributed by atoms with E-state index in [1.165, 1.54) is 12.1 Å². The first-order valence-electron chi connectivity index (χ1n) is 6.15. The van der Waals surface area contributed by atoms with Gasteiger partial charge in [0.15, 0.2) is 0 Å². The van der Waals surface area contributed by atoms with Gasteiger partial charge >= 0.3 is 0 Å². The topological polar surface area (TPSA) is 43.8 Å². The van der Waals surface area contributed by atoms with Crippen LogP contribution in [0.1, 0.15) is 18.5 Å². The summed E-state index contributed by atoms with van der Waals surface area (Å²) in [5.74, 6) is 0.0986. The molecule has 0 saturated carbocycles. The Bertz CT molecular complexity index is 719. The van der Waals surface area contributed by atoms with Crippen LogP contribution >= 0.6 is 0 Å². The molecule has 96 valence electrons. The lowest BCUT2D eigenvalue weighted by Crippen LogP contribution is -2.09. The zero-order valence-corrected chi connectivity index (χ0v) is 10.5. The number of halogens is 1. The standard InChI is InChI=1S/C15H14FN3/c1-10(11-5-3-2-4-6-11)19-14-8-7-12(16)9-13(14)18-15(19)17/h2-10H,1H3,(H2,17,18). The predicted molar refractivity (Wildman–Crippen MR) is 74.4 cm³/mol. The highest BCUT2D eigenvalue weighted by atomic mass is 19.1. The maximum Gasteiger partial charge on any atom is 0.201 e. The minimum Gasteiger partial charge on any atom is -0.369 e. The van der Waals surface area contributed by atoms with Crippen LogP contribution in [0.5, 0.6) is 0 Å². The summed E-state index contributed by atoms with van der Waals surface area (Å²) in [6.07, 6.45) is 0. The van der Waals surface area contributed by atoms with Gasteiger partial charge in [0.1, 0.15) is 5.82 Å². The van der Waals surface area contributed by atoms with Crippen molar-refractivity contribution in [2.75, 3.05) is 5.73 Å². The molecule has 4 heteroatoms. The van der Waals surface area contributed by atoms with E-state index in [2.05, 4.69) is 11.9 Å². The van der Waals surface area contributed by atoms with Gasteiger partial charge in [0.2, 0.25) is 5.95 Å². The summed E-state index contributed by atoms with van der Waals surface area (Å²) < 4.78 is 15.1. The van der Waals surface area contributed by atoms with E-state index < -0.39 is 0 Å². The number of hydrogen-bond donors (Lipinski definition) is 1.